The smallest absolute Gasteiger partial charge is 0.251 e. The number of nitrogens with one attached hydrogen (secondary N) is 1. The average molecular weight is 277 g/mol. The highest BCUT2D eigenvalue weighted by Gasteiger charge is 2.24. The molecule has 0 spiro atoms. The number of hydrogen-bond donors (Lipinski definition) is 1. The van der Waals surface area contributed by atoms with Crippen LogP contribution in [-0.4, -0.2) is 10.9 Å². The Balaban J connectivity index is 1.78. The Bertz CT molecular complexity index is 609. The number of carbonyl (C=O) groups is 1. The molecule has 0 saturated carbocycles. The van der Waals surface area contributed by atoms with Crippen LogP contribution in [0.25, 0.3) is 0 Å². The van der Waals surface area contributed by atoms with Gasteiger partial charge in [0.15, 0.2) is 0 Å². The van der Waals surface area contributed by atoms with Gasteiger partial charge in [-0.05, 0) is 31.0 Å². The standard InChI is InChI=1S/C14H13ClN2O2/c15-13-8-9(4-6-16-13)14(18)17-11-2-1-3-12-10(11)5-7-19-12/h4-8,11H,1-3H2,(H,17,18). The molecular formula is C14H13ClN2O2. The predicted molar refractivity (Wildman–Crippen MR) is 71.1 cm³/mol. The molecule has 1 unspecified atom stereocenters. The number of hydrogen-bond acceptors (Lipinski definition) is 3. The number of rotatable bonds is 2. The van der Waals surface area contributed by atoms with Gasteiger partial charge in [-0.3, -0.25) is 4.79 Å². The first-order valence-electron chi connectivity index (χ1n) is 6.23. The first-order valence-corrected chi connectivity index (χ1v) is 6.60. The minimum absolute atomic E-state index is 0.0157. The molecule has 1 N–H and O–H groups in total. The van der Waals surface area contributed by atoms with Crippen molar-refractivity contribution in [2.45, 2.75) is 25.3 Å². The highest BCUT2D eigenvalue weighted by Crippen LogP contribution is 2.30. The van der Waals surface area contributed by atoms with Crippen molar-refractivity contribution in [3.8, 4) is 0 Å². The minimum Gasteiger partial charge on any atom is -0.469 e. The van der Waals surface area contributed by atoms with E-state index in [1.54, 1.807) is 18.4 Å². The van der Waals surface area contributed by atoms with Crippen LogP contribution in [0, 0.1) is 0 Å². The van der Waals surface area contributed by atoms with Gasteiger partial charge >= 0.3 is 0 Å². The summed E-state index contributed by atoms with van der Waals surface area (Å²) in [7, 11) is 0. The molecule has 2 aromatic rings. The molecule has 2 aromatic heterocycles. The number of halogens is 1. The summed E-state index contributed by atoms with van der Waals surface area (Å²) in [6.45, 7) is 0. The van der Waals surface area contributed by atoms with E-state index >= 15 is 0 Å². The summed E-state index contributed by atoms with van der Waals surface area (Å²) in [5.74, 6) is 0.840. The molecular weight excluding hydrogens is 264 g/mol. The van der Waals surface area contributed by atoms with Crippen molar-refractivity contribution in [3.63, 3.8) is 0 Å². The van der Waals surface area contributed by atoms with Crippen molar-refractivity contribution < 1.29 is 9.21 Å². The lowest BCUT2D eigenvalue weighted by atomic mass is 9.93. The van der Waals surface area contributed by atoms with Crippen LogP contribution < -0.4 is 5.32 Å². The van der Waals surface area contributed by atoms with E-state index in [4.69, 9.17) is 16.0 Å². The van der Waals surface area contributed by atoms with E-state index < -0.39 is 0 Å². The Morgan fingerprint density at radius 1 is 1.47 bits per heavy atom. The summed E-state index contributed by atoms with van der Waals surface area (Å²) in [5.41, 5.74) is 1.61. The molecule has 0 aliphatic heterocycles. The zero-order valence-corrected chi connectivity index (χ0v) is 11.0. The molecule has 19 heavy (non-hydrogen) atoms. The second kappa shape index (κ2) is 5.05. The quantitative estimate of drug-likeness (QED) is 0.858. The van der Waals surface area contributed by atoms with E-state index in [2.05, 4.69) is 10.3 Å². The molecule has 0 radical (unpaired) electrons. The maximum Gasteiger partial charge on any atom is 0.251 e. The van der Waals surface area contributed by atoms with Gasteiger partial charge in [0.25, 0.3) is 5.91 Å². The molecule has 0 aromatic carbocycles. The Morgan fingerprint density at radius 2 is 2.37 bits per heavy atom. The molecule has 98 valence electrons. The third-order valence-electron chi connectivity index (χ3n) is 3.35. The number of amides is 1. The van der Waals surface area contributed by atoms with E-state index in [1.807, 2.05) is 6.07 Å². The van der Waals surface area contributed by atoms with Crippen molar-refractivity contribution in [3.05, 3.63) is 52.7 Å². The number of carbonyl (C=O) groups excluding carboxylic acids is 1. The minimum atomic E-state index is -0.136. The summed E-state index contributed by atoms with van der Waals surface area (Å²) in [6.07, 6.45) is 6.09. The fraction of sp³-hybridized carbons (Fsp3) is 0.286. The number of furan rings is 1. The number of pyridine rings is 1. The molecule has 0 fully saturated rings. The van der Waals surface area contributed by atoms with E-state index in [1.165, 1.54) is 6.20 Å². The average Bonchev–Trinajstić information content (AvgIpc) is 2.88. The summed E-state index contributed by atoms with van der Waals surface area (Å²) in [6, 6.07) is 5.16. The molecule has 1 amide bonds. The Kier molecular flexibility index (Phi) is 3.25. The van der Waals surface area contributed by atoms with Gasteiger partial charge in [0, 0.05) is 23.7 Å². The van der Waals surface area contributed by atoms with E-state index in [0.29, 0.717) is 10.7 Å². The largest absolute Gasteiger partial charge is 0.469 e. The number of aromatic nitrogens is 1. The maximum absolute atomic E-state index is 12.2. The van der Waals surface area contributed by atoms with Gasteiger partial charge in [0.2, 0.25) is 0 Å². The van der Waals surface area contributed by atoms with Gasteiger partial charge in [-0.15, -0.1) is 0 Å². The fourth-order valence-electron chi connectivity index (χ4n) is 2.42. The van der Waals surface area contributed by atoms with Gasteiger partial charge in [-0.2, -0.15) is 0 Å². The van der Waals surface area contributed by atoms with Crippen LogP contribution in [-0.2, 0) is 6.42 Å². The highest BCUT2D eigenvalue weighted by molar-refractivity contribution is 6.29. The topological polar surface area (TPSA) is 55.1 Å². The predicted octanol–water partition coefficient (Wildman–Crippen LogP) is 3.14. The molecule has 1 aliphatic rings. The van der Waals surface area contributed by atoms with Crippen molar-refractivity contribution in [2.24, 2.45) is 0 Å². The van der Waals surface area contributed by atoms with Gasteiger partial charge in [-0.1, -0.05) is 11.6 Å². The van der Waals surface area contributed by atoms with Crippen LogP contribution >= 0.6 is 11.6 Å². The van der Waals surface area contributed by atoms with Crippen LogP contribution in [0.2, 0.25) is 5.15 Å². The van der Waals surface area contributed by atoms with Gasteiger partial charge in [0.05, 0.1) is 12.3 Å². The monoisotopic (exact) mass is 276 g/mol. The highest BCUT2D eigenvalue weighted by atomic mass is 35.5. The Hall–Kier alpha value is -1.81. The normalized spacial score (nSPS) is 17.8. The van der Waals surface area contributed by atoms with E-state index in [9.17, 15) is 4.79 Å². The maximum atomic E-state index is 12.2. The first kappa shape index (κ1) is 12.2. The second-order valence-electron chi connectivity index (χ2n) is 4.58. The molecule has 1 atom stereocenters. The van der Waals surface area contributed by atoms with Gasteiger partial charge in [0.1, 0.15) is 10.9 Å². The summed E-state index contributed by atoms with van der Waals surface area (Å²) < 4.78 is 5.41. The first-order chi connectivity index (χ1) is 9.24. The molecule has 3 rings (SSSR count). The van der Waals surface area contributed by atoms with Crippen molar-refractivity contribution in [2.75, 3.05) is 0 Å². The lowest BCUT2D eigenvalue weighted by Gasteiger charge is -2.22. The van der Waals surface area contributed by atoms with Gasteiger partial charge < -0.3 is 9.73 Å². The molecule has 0 bridgehead atoms. The zero-order chi connectivity index (χ0) is 13.2. The fourth-order valence-corrected chi connectivity index (χ4v) is 2.60. The van der Waals surface area contributed by atoms with E-state index in [-0.39, 0.29) is 11.9 Å². The van der Waals surface area contributed by atoms with Crippen molar-refractivity contribution in [1.29, 1.82) is 0 Å². The van der Waals surface area contributed by atoms with Crippen LogP contribution in [0.1, 0.15) is 40.6 Å². The van der Waals surface area contributed by atoms with Crippen molar-refractivity contribution in [1.82, 2.24) is 10.3 Å². The third kappa shape index (κ3) is 2.49. The van der Waals surface area contributed by atoms with Crippen LogP contribution in [0.15, 0.2) is 35.1 Å². The molecule has 1 aliphatic carbocycles. The second-order valence-corrected chi connectivity index (χ2v) is 4.97. The lowest BCUT2D eigenvalue weighted by molar-refractivity contribution is 0.0932. The van der Waals surface area contributed by atoms with Crippen LogP contribution in [0.4, 0.5) is 0 Å². The summed E-state index contributed by atoms with van der Waals surface area (Å²) in [4.78, 5) is 16.0. The van der Waals surface area contributed by atoms with E-state index in [0.717, 1.165) is 30.6 Å². The number of nitrogens with zero attached hydrogens (tertiary/aromatic N) is 1. The van der Waals surface area contributed by atoms with Crippen molar-refractivity contribution >= 4 is 17.5 Å². The molecule has 4 nitrogen and oxygen atoms in total. The zero-order valence-electron chi connectivity index (χ0n) is 10.2. The molecule has 5 heteroatoms. The third-order valence-corrected chi connectivity index (χ3v) is 3.55. The SMILES string of the molecule is O=C(NC1CCCc2occc21)c1ccnc(Cl)c1. The van der Waals surface area contributed by atoms with Crippen LogP contribution in [0.3, 0.4) is 0 Å². The number of fused-ring (bicyclic) bond motifs is 1. The summed E-state index contributed by atoms with van der Waals surface area (Å²) >= 11 is 5.79. The number of aryl methyl sites for hydroxylation is 1. The Morgan fingerprint density at radius 3 is 3.21 bits per heavy atom. The van der Waals surface area contributed by atoms with Gasteiger partial charge in [-0.25, -0.2) is 4.98 Å². The molecule has 0 saturated heterocycles. The Labute approximate surface area is 115 Å². The lowest BCUT2D eigenvalue weighted by Crippen LogP contribution is -2.30. The van der Waals surface area contributed by atoms with Crippen LogP contribution in [0.5, 0.6) is 0 Å². The summed E-state index contributed by atoms with van der Waals surface area (Å²) in [5, 5.41) is 3.34. The molecule has 2 heterocycles.